The van der Waals surface area contributed by atoms with E-state index >= 15 is 0 Å². The lowest BCUT2D eigenvalue weighted by Gasteiger charge is -2.25. The number of quaternary nitrogens is 1. The molecule has 3 heterocycles. The molecule has 4 atom stereocenters. The third kappa shape index (κ3) is 1.98. The second kappa shape index (κ2) is 5.54. The fourth-order valence-corrected chi connectivity index (χ4v) is 4.95. The average Bonchev–Trinajstić information content (AvgIpc) is 3.13. The first-order valence-electron chi connectivity index (χ1n) is 8.75. The summed E-state index contributed by atoms with van der Waals surface area (Å²) in [7, 11) is 0. The van der Waals surface area contributed by atoms with E-state index in [4.69, 9.17) is 11.6 Å². The van der Waals surface area contributed by atoms with Gasteiger partial charge in [0.05, 0.1) is 16.8 Å². The van der Waals surface area contributed by atoms with Crippen molar-refractivity contribution in [2.24, 2.45) is 11.8 Å². The highest BCUT2D eigenvalue weighted by Crippen LogP contribution is 2.50. The Balaban J connectivity index is 1.84. The van der Waals surface area contributed by atoms with Gasteiger partial charge in [-0.15, -0.1) is 0 Å². The van der Waals surface area contributed by atoms with Crippen LogP contribution in [0, 0.1) is 11.8 Å². The first-order valence-corrected chi connectivity index (χ1v) is 9.13. The van der Waals surface area contributed by atoms with Crippen LogP contribution in [0.4, 0.5) is 5.69 Å². The predicted octanol–water partition coefficient (Wildman–Crippen LogP) is 0.854. The minimum atomic E-state index is -1.10. The van der Waals surface area contributed by atoms with Crippen LogP contribution in [0.5, 0.6) is 0 Å². The van der Waals surface area contributed by atoms with Gasteiger partial charge in [0.15, 0.2) is 0 Å². The van der Waals surface area contributed by atoms with Crippen molar-refractivity contribution in [3.8, 4) is 0 Å². The van der Waals surface area contributed by atoms with E-state index in [1.165, 1.54) is 4.90 Å². The van der Waals surface area contributed by atoms with Crippen molar-refractivity contribution >= 4 is 35.0 Å². The summed E-state index contributed by atoms with van der Waals surface area (Å²) in [4.78, 5) is 40.3. The quantitative estimate of drug-likeness (QED) is 0.782. The number of nitrogens with two attached hydrogens (primary N) is 1. The van der Waals surface area contributed by atoms with Crippen molar-refractivity contribution in [2.75, 3.05) is 11.9 Å². The fraction of sp³-hybridized carbons (Fsp3) is 0.500. The van der Waals surface area contributed by atoms with Gasteiger partial charge in [0.2, 0.25) is 17.4 Å². The van der Waals surface area contributed by atoms with Gasteiger partial charge in [0.1, 0.15) is 11.8 Å². The summed E-state index contributed by atoms with van der Waals surface area (Å²) >= 11 is 6.25. The molecule has 0 aliphatic carbocycles. The first kappa shape index (κ1) is 16.5. The molecule has 4 rings (SSSR count). The molecular formula is C18H21ClN3O3+. The van der Waals surface area contributed by atoms with E-state index in [1.54, 1.807) is 12.1 Å². The third-order valence-corrected chi connectivity index (χ3v) is 6.15. The number of unbranched alkanes of at least 4 members (excludes halogenated alkanes) is 1. The number of nitrogens with one attached hydrogen (secondary N) is 1. The number of imide groups is 1. The molecule has 0 bridgehead atoms. The van der Waals surface area contributed by atoms with Crippen molar-refractivity contribution in [1.82, 2.24) is 4.90 Å². The minimum Gasteiger partial charge on any atom is -0.326 e. The predicted molar refractivity (Wildman–Crippen MR) is 91.8 cm³/mol. The Morgan fingerprint density at radius 3 is 2.76 bits per heavy atom. The smallest absolute Gasteiger partial charge is 0.291 e. The van der Waals surface area contributed by atoms with Gasteiger partial charge in [-0.25, -0.2) is 0 Å². The molecule has 7 heteroatoms. The molecule has 132 valence electrons. The zero-order chi connectivity index (χ0) is 17.9. The number of amides is 3. The van der Waals surface area contributed by atoms with Gasteiger partial charge >= 0.3 is 0 Å². The van der Waals surface area contributed by atoms with E-state index in [2.05, 4.69) is 5.32 Å². The van der Waals surface area contributed by atoms with Gasteiger partial charge < -0.3 is 10.6 Å². The maximum Gasteiger partial charge on any atom is 0.291 e. The molecule has 0 aromatic heterocycles. The number of halogens is 1. The summed E-state index contributed by atoms with van der Waals surface area (Å²) in [6.45, 7) is 4.36. The highest BCUT2D eigenvalue weighted by atomic mass is 35.5. The molecule has 3 amide bonds. The largest absolute Gasteiger partial charge is 0.326 e. The molecule has 2 fully saturated rings. The van der Waals surface area contributed by atoms with E-state index in [0.29, 0.717) is 22.8 Å². The van der Waals surface area contributed by atoms with Crippen LogP contribution >= 0.6 is 11.6 Å². The topological polar surface area (TPSA) is 83.1 Å². The second-order valence-corrected chi connectivity index (χ2v) is 7.60. The summed E-state index contributed by atoms with van der Waals surface area (Å²) in [5.41, 5.74) is 0.172. The molecular weight excluding hydrogens is 342 g/mol. The number of hydrogen-bond acceptors (Lipinski definition) is 3. The lowest BCUT2D eigenvalue weighted by Crippen LogP contribution is -2.98. The number of anilines is 1. The summed E-state index contributed by atoms with van der Waals surface area (Å²) in [6, 6.07) is 5.18. The van der Waals surface area contributed by atoms with Crippen molar-refractivity contribution in [2.45, 2.75) is 38.3 Å². The van der Waals surface area contributed by atoms with E-state index in [0.717, 1.165) is 12.8 Å². The zero-order valence-electron chi connectivity index (χ0n) is 14.2. The Morgan fingerprint density at radius 1 is 1.28 bits per heavy atom. The SMILES string of the molecule is CCCCN1C(=O)[C@H]2[C@@H](C1=O)[C@@]1([NH2+][C@@H]2C)C(=O)Nc2c(Cl)cccc21. The highest BCUT2D eigenvalue weighted by molar-refractivity contribution is 6.35. The maximum absolute atomic E-state index is 13.1. The molecule has 0 saturated carbocycles. The first-order chi connectivity index (χ1) is 11.9. The van der Waals surface area contributed by atoms with Crippen LogP contribution < -0.4 is 10.6 Å². The van der Waals surface area contributed by atoms with E-state index in [-0.39, 0.29) is 23.8 Å². The fourth-order valence-electron chi connectivity index (χ4n) is 4.73. The number of para-hydroxylation sites is 1. The number of carbonyl (C=O) groups excluding carboxylic acids is 3. The molecule has 0 radical (unpaired) electrons. The lowest BCUT2D eigenvalue weighted by atomic mass is 9.76. The summed E-state index contributed by atoms with van der Waals surface area (Å²) in [6.07, 6.45) is 1.68. The normalized spacial score (nSPS) is 33.2. The van der Waals surface area contributed by atoms with Crippen LogP contribution in [0.2, 0.25) is 5.02 Å². The molecule has 25 heavy (non-hydrogen) atoms. The molecule has 1 aromatic rings. The zero-order valence-corrected chi connectivity index (χ0v) is 15.0. The average molecular weight is 363 g/mol. The molecule has 1 aromatic carbocycles. The van der Waals surface area contributed by atoms with Crippen LogP contribution in [0.15, 0.2) is 18.2 Å². The number of rotatable bonds is 3. The minimum absolute atomic E-state index is 0.146. The van der Waals surface area contributed by atoms with Gasteiger partial charge in [-0.05, 0) is 25.5 Å². The molecule has 6 nitrogen and oxygen atoms in total. The van der Waals surface area contributed by atoms with Gasteiger partial charge in [0, 0.05) is 12.1 Å². The molecule has 3 aliphatic rings. The Bertz CT molecular complexity index is 796. The Kier molecular flexibility index (Phi) is 3.67. The number of fused-ring (bicyclic) bond motifs is 4. The summed E-state index contributed by atoms with van der Waals surface area (Å²) in [5, 5.41) is 5.17. The monoisotopic (exact) mass is 362 g/mol. The van der Waals surface area contributed by atoms with Crippen LogP contribution in [-0.4, -0.2) is 35.2 Å². The van der Waals surface area contributed by atoms with Crippen molar-refractivity contribution in [3.05, 3.63) is 28.8 Å². The molecule has 2 saturated heterocycles. The number of hydrogen-bond donors (Lipinski definition) is 2. The van der Waals surface area contributed by atoms with Crippen molar-refractivity contribution < 1.29 is 19.7 Å². The third-order valence-electron chi connectivity index (χ3n) is 5.83. The lowest BCUT2D eigenvalue weighted by molar-refractivity contribution is -0.730. The van der Waals surface area contributed by atoms with Crippen LogP contribution in [0.3, 0.4) is 0 Å². The van der Waals surface area contributed by atoms with Gasteiger partial charge in [-0.3, -0.25) is 19.3 Å². The summed E-state index contributed by atoms with van der Waals surface area (Å²) in [5.74, 6) is -1.78. The van der Waals surface area contributed by atoms with E-state index in [1.807, 2.05) is 25.2 Å². The van der Waals surface area contributed by atoms with Gasteiger partial charge in [-0.2, -0.15) is 0 Å². The summed E-state index contributed by atoms with van der Waals surface area (Å²) < 4.78 is 0. The van der Waals surface area contributed by atoms with E-state index in [9.17, 15) is 14.4 Å². The second-order valence-electron chi connectivity index (χ2n) is 7.20. The van der Waals surface area contributed by atoms with Gasteiger partial charge in [0.25, 0.3) is 5.91 Å². The van der Waals surface area contributed by atoms with Crippen LogP contribution in [0.25, 0.3) is 0 Å². The van der Waals surface area contributed by atoms with Gasteiger partial charge in [-0.1, -0.05) is 31.0 Å². The Hall–Kier alpha value is -1.92. The highest BCUT2D eigenvalue weighted by Gasteiger charge is 2.73. The number of carbonyl (C=O) groups is 3. The number of benzene rings is 1. The Labute approximate surface area is 150 Å². The molecule has 0 unspecified atom stereocenters. The van der Waals surface area contributed by atoms with Crippen LogP contribution in [0.1, 0.15) is 32.3 Å². The molecule has 3 N–H and O–H groups in total. The van der Waals surface area contributed by atoms with Crippen molar-refractivity contribution in [1.29, 1.82) is 0 Å². The maximum atomic E-state index is 13.1. The van der Waals surface area contributed by atoms with E-state index < -0.39 is 17.4 Å². The molecule has 1 spiro atoms. The van der Waals surface area contributed by atoms with Crippen molar-refractivity contribution in [3.63, 3.8) is 0 Å². The standard InChI is InChI=1S/C18H20ClN3O3/c1-3-4-8-22-15(23)12-9(2)21-18(13(12)16(22)24)10-6-5-7-11(19)14(10)20-17(18)25/h5-7,9,12-13,21H,3-4,8H2,1-2H3,(H,20,25)/p+1/t9-,12-,13+,18-/m1/s1. The molecule has 3 aliphatic heterocycles. The van der Waals surface area contributed by atoms with Crippen LogP contribution in [-0.2, 0) is 19.9 Å². The number of nitrogens with zero attached hydrogens (tertiary/aromatic N) is 1. The Morgan fingerprint density at radius 2 is 2.04 bits per heavy atom. The number of likely N-dealkylation sites (tertiary alicyclic amines) is 1.